The van der Waals surface area contributed by atoms with E-state index in [1.807, 2.05) is 0 Å². The third-order valence-electron chi connectivity index (χ3n) is 1.86. The molecule has 0 aliphatic rings. The van der Waals surface area contributed by atoms with Crippen LogP contribution in [0.15, 0.2) is 0 Å². The molecule has 1 unspecified atom stereocenters. The van der Waals surface area contributed by atoms with Gasteiger partial charge in [0.25, 0.3) is 0 Å². The van der Waals surface area contributed by atoms with Gasteiger partial charge in [-0.25, -0.2) is 0 Å². The van der Waals surface area contributed by atoms with Gasteiger partial charge < -0.3 is 19.3 Å². The molecule has 15 heavy (non-hydrogen) atoms. The Kier molecular flexibility index (Phi) is 11.0. The van der Waals surface area contributed by atoms with Crippen LogP contribution in [0.5, 0.6) is 0 Å². The molecule has 0 fully saturated rings. The van der Waals surface area contributed by atoms with Gasteiger partial charge in [0.15, 0.2) is 0 Å². The lowest BCUT2D eigenvalue weighted by atomic mass is 10.1. The molecule has 0 radical (unpaired) electrons. The molecular formula is C11H20O4. The van der Waals surface area contributed by atoms with Gasteiger partial charge >= 0.3 is 0 Å². The molecule has 0 aliphatic carbocycles. The normalized spacial score (nSPS) is 11.9. The summed E-state index contributed by atoms with van der Waals surface area (Å²) in [7, 11) is 3.35. The molecule has 0 amide bonds. The number of hydrogen-bond acceptors (Lipinski definition) is 4. The SMILES string of the molecule is COCCC(COC)COCC#CCO. The maximum Gasteiger partial charge on any atom is 0.107 e. The minimum Gasteiger partial charge on any atom is -0.385 e. The lowest BCUT2D eigenvalue weighted by molar-refractivity contribution is 0.0537. The monoisotopic (exact) mass is 216 g/mol. The van der Waals surface area contributed by atoms with E-state index in [9.17, 15) is 0 Å². The van der Waals surface area contributed by atoms with Crippen LogP contribution < -0.4 is 0 Å². The third-order valence-corrected chi connectivity index (χ3v) is 1.86. The molecule has 1 N–H and O–H groups in total. The van der Waals surface area contributed by atoms with E-state index >= 15 is 0 Å². The summed E-state index contributed by atoms with van der Waals surface area (Å²) in [6.07, 6.45) is 0.914. The summed E-state index contributed by atoms with van der Waals surface area (Å²) < 4.78 is 15.4. The van der Waals surface area contributed by atoms with Crippen molar-refractivity contribution in [3.05, 3.63) is 0 Å². The standard InChI is InChI=1S/C11H20O4/c1-13-8-5-11(9-14-2)10-15-7-4-3-6-12/h11-12H,5-10H2,1-2H3. The third kappa shape index (κ3) is 9.70. The molecule has 0 aliphatic heterocycles. The van der Waals surface area contributed by atoms with E-state index in [-0.39, 0.29) is 6.61 Å². The summed E-state index contributed by atoms with van der Waals surface area (Å²) in [5.41, 5.74) is 0. The highest BCUT2D eigenvalue weighted by Gasteiger charge is 2.07. The Morgan fingerprint density at radius 2 is 1.93 bits per heavy atom. The second-order valence-electron chi connectivity index (χ2n) is 3.13. The van der Waals surface area contributed by atoms with Gasteiger partial charge in [0.2, 0.25) is 0 Å². The van der Waals surface area contributed by atoms with Crippen molar-refractivity contribution in [2.24, 2.45) is 5.92 Å². The predicted octanol–water partition coefficient (Wildman–Crippen LogP) is 0.298. The number of ether oxygens (including phenoxy) is 3. The van der Waals surface area contributed by atoms with Crippen LogP contribution in [-0.4, -0.2) is 52.4 Å². The van der Waals surface area contributed by atoms with Gasteiger partial charge in [0.05, 0.1) is 13.2 Å². The van der Waals surface area contributed by atoms with Crippen molar-refractivity contribution in [3.8, 4) is 11.8 Å². The zero-order valence-electron chi connectivity index (χ0n) is 9.49. The molecular weight excluding hydrogens is 196 g/mol. The Bertz CT molecular complexity index is 183. The zero-order chi connectivity index (χ0) is 11.4. The fraction of sp³-hybridized carbons (Fsp3) is 0.818. The van der Waals surface area contributed by atoms with Crippen molar-refractivity contribution in [2.45, 2.75) is 6.42 Å². The van der Waals surface area contributed by atoms with Crippen molar-refractivity contribution in [2.75, 3.05) is 47.3 Å². The van der Waals surface area contributed by atoms with Gasteiger partial charge in [-0.05, 0) is 6.42 Å². The lowest BCUT2D eigenvalue weighted by Gasteiger charge is -2.14. The van der Waals surface area contributed by atoms with Crippen molar-refractivity contribution in [3.63, 3.8) is 0 Å². The van der Waals surface area contributed by atoms with E-state index in [0.717, 1.165) is 6.42 Å². The first-order valence-corrected chi connectivity index (χ1v) is 4.97. The van der Waals surface area contributed by atoms with Crippen molar-refractivity contribution >= 4 is 0 Å². The Hall–Kier alpha value is -0.600. The maximum atomic E-state index is 8.41. The van der Waals surface area contributed by atoms with Crippen molar-refractivity contribution in [1.29, 1.82) is 0 Å². The summed E-state index contributed by atoms with van der Waals surface area (Å²) in [5.74, 6) is 5.55. The minimum atomic E-state index is -0.117. The number of rotatable bonds is 8. The molecule has 4 heteroatoms. The zero-order valence-corrected chi connectivity index (χ0v) is 9.49. The van der Waals surface area contributed by atoms with Crippen LogP contribution in [0.2, 0.25) is 0 Å². The van der Waals surface area contributed by atoms with E-state index in [2.05, 4.69) is 11.8 Å². The van der Waals surface area contributed by atoms with Gasteiger partial charge in [0.1, 0.15) is 13.2 Å². The van der Waals surface area contributed by atoms with Crippen LogP contribution in [0.1, 0.15) is 6.42 Å². The van der Waals surface area contributed by atoms with Gasteiger partial charge in [0, 0.05) is 26.7 Å². The van der Waals surface area contributed by atoms with Crippen LogP contribution in [0.3, 0.4) is 0 Å². The number of methoxy groups -OCH3 is 2. The van der Waals surface area contributed by atoms with Crippen molar-refractivity contribution in [1.82, 2.24) is 0 Å². The second kappa shape index (κ2) is 11.5. The Morgan fingerprint density at radius 1 is 1.13 bits per heavy atom. The largest absolute Gasteiger partial charge is 0.385 e. The molecule has 4 nitrogen and oxygen atoms in total. The quantitative estimate of drug-likeness (QED) is 0.468. The van der Waals surface area contributed by atoms with E-state index < -0.39 is 0 Å². The first-order chi connectivity index (χ1) is 7.35. The van der Waals surface area contributed by atoms with Crippen LogP contribution in [0.25, 0.3) is 0 Å². The predicted molar refractivity (Wildman–Crippen MR) is 57.5 cm³/mol. The molecule has 0 bridgehead atoms. The fourth-order valence-corrected chi connectivity index (χ4v) is 1.12. The molecule has 0 aromatic heterocycles. The maximum absolute atomic E-state index is 8.41. The van der Waals surface area contributed by atoms with Crippen LogP contribution in [-0.2, 0) is 14.2 Å². The van der Waals surface area contributed by atoms with E-state index in [0.29, 0.717) is 32.3 Å². The van der Waals surface area contributed by atoms with E-state index in [4.69, 9.17) is 19.3 Å². The van der Waals surface area contributed by atoms with Crippen LogP contribution in [0, 0.1) is 17.8 Å². The van der Waals surface area contributed by atoms with Crippen molar-refractivity contribution < 1.29 is 19.3 Å². The molecule has 0 aromatic carbocycles. The highest BCUT2D eigenvalue weighted by Crippen LogP contribution is 2.04. The Balaban J connectivity index is 3.55. The average molecular weight is 216 g/mol. The summed E-state index contributed by atoms with van der Waals surface area (Å²) in [4.78, 5) is 0. The summed E-state index contributed by atoms with van der Waals surface area (Å²) in [5, 5.41) is 8.41. The summed E-state index contributed by atoms with van der Waals surface area (Å²) in [6, 6.07) is 0. The average Bonchev–Trinajstić information content (AvgIpc) is 2.25. The molecule has 0 rings (SSSR count). The molecule has 0 spiro atoms. The lowest BCUT2D eigenvalue weighted by Crippen LogP contribution is -2.17. The Labute approximate surface area is 91.5 Å². The van der Waals surface area contributed by atoms with E-state index in [1.54, 1.807) is 14.2 Å². The molecule has 0 heterocycles. The van der Waals surface area contributed by atoms with E-state index in [1.165, 1.54) is 0 Å². The minimum absolute atomic E-state index is 0.117. The van der Waals surface area contributed by atoms with Gasteiger partial charge in [-0.3, -0.25) is 0 Å². The number of aliphatic hydroxyl groups is 1. The smallest absolute Gasteiger partial charge is 0.107 e. The van der Waals surface area contributed by atoms with Gasteiger partial charge in [-0.1, -0.05) is 11.8 Å². The Morgan fingerprint density at radius 3 is 2.53 bits per heavy atom. The first kappa shape index (κ1) is 14.4. The van der Waals surface area contributed by atoms with Gasteiger partial charge in [-0.15, -0.1) is 0 Å². The molecule has 0 aromatic rings. The summed E-state index contributed by atoms with van der Waals surface area (Å²) in [6.45, 7) is 2.22. The highest BCUT2D eigenvalue weighted by atomic mass is 16.5. The molecule has 0 saturated heterocycles. The topological polar surface area (TPSA) is 47.9 Å². The van der Waals surface area contributed by atoms with Crippen LogP contribution >= 0.6 is 0 Å². The van der Waals surface area contributed by atoms with Crippen LogP contribution in [0.4, 0.5) is 0 Å². The van der Waals surface area contributed by atoms with Gasteiger partial charge in [-0.2, -0.15) is 0 Å². The molecule has 1 atom stereocenters. The second-order valence-corrected chi connectivity index (χ2v) is 3.13. The number of aliphatic hydroxyl groups excluding tert-OH is 1. The first-order valence-electron chi connectivity index (χ1n) is 4.97. The highest BCUT2D eigenvalue weighted by molar-refractivity contribution is 4.98. The molecule has 88 valence electrons. The summed E-state index contributed by atoms with van der Waals surface area (Å²) >= 11 is 0. The number of hydrogen-bond donors (Lipinski definition) is 1. The fourth-order valence-electron chi connectivity index (χ4n) is 1.12. The molecule has 0 saturated carbocycles.